The zero-order valence-electron chi connectivity index (χ0n) is 10.4. The molecular weight excluding hydrogens is 252 g/mol. The molecule has 5 nitrogen and oxygen atoms in total. The number of anilines is 1. The zero-order valence-corrected chi connectivity index (χ0v) is 10.4. The number of hydrogen-bond donors (Lipinski definition) is 2. The monoisotopic (exact) mass is 262 g/mol. The second kappa shape index (κ2) is 4.86. The Labute approximate surface area is 114 Å². The van der Waals surface area contributed by atoms with Crippen molar-refractivity contribution in [1.82, 2.24) is 10.2 Å². The van der Waals surface area contributed by atoms with Crippen LogP contribution in [0.5, 0.6) is 0 Å². The van der Waals surface area contributed by atoms with Crippen LogP contribution < -0.4 is 5.32 Å². The second-order valence-electron chi connectivity index (χ2n) is 4.29. The van der Waals surface area contributed by atoms with E-state index in [0.717, 1.165) is 10.8 Å². The molecule has 2 aromatic carbocycles. The molecule has 0 aliphatic carbocycles. The van der Waals surface area contributed by atoms with E-state index in [4.69, 9.17) is 5.26 Å². The maximum absolute atomic E-state index is 12.2. The number of aromatic nitrogens is 2. The minimum atomic E-state index is -0.281. The number of nitrogens with zero attached hydrogens (tertiary/aromatic N) is 2. The van der Waals surface area contributed by atoms with Crippen molar-refractivity contribution in [3.63, 3.8) is 0 Å². The number of amides is 1. The molecule has 0 radical (unpaired) electrons. The van der Waals surface area contributed by atoms with Crippen LogP contribution in [-0.2, 0) is 0 Å². The topological polar surface area (TPSA) is 81.6 Å². The smallest absolute Gasteiger partial charge is 0.256 e. The summed E-state index contributed by atoms with van der Waals surface area (Å²) in [5.74, 6) is 0.0298. The van der Waals surface area contributed by atoms with Gasteiger partial charge in [-0.25, -0.2) is 0 Å². The van der Waals surface area contributed by atoms with Gasteiger partial charge in [-0.2, -0.15) is 10.4 Å². The molecule has 2 N–H and O–H groups in total. The number of carbonyl (C=O) groups is 1. The lowest BCUT2D eigenvalue weighted by Crippen LogP contribution is -2.12. The summed E-state index contributed by atoms with van der Waals surface area (Å²) in [6.45, 7) is 0. The Bertz CT molecular complexity index is 829. The molecule has 20 heavy (non-hydrogen) atoms. The maximum atomic E-state index is 12.2. The quantitative estimate of drug-likeness (QED) is 0.745. The Hall–Kier alpha value is -3.13. The molecule has 0 atom stereocenters. The summed E-state index contributed by atoms with van der Waals surface area (Å²) in [6, 6.07) is 15.2. The van der Waals surface area contributed by atoms with Gasteiger partial charge in [0.15, 0.2) is 0 Å². The van der Waals surface area contributed by atoms with E-state index in [9.17, 15) is 4.79 Å². The molecule has 1 aromatic heterocycles. The molecule has 0 unspecified atom stereocenters. The van der Waals surface area contributed by atoms with E-state index in [-0.39, 0.29) is 5.91 Å². The molecular formula is C15H10N4O. The molecule has 0 aliphatic heterocycles. The number of fused-ring (bicyclic) bond motifs is 1. The molecule has 1 heterocycles. The third kappa shape index (κ3) is 2.10. The standard InChI is InChI=1S/C15H10N4O/c16-8-13-9-17-19-14(13)18-15(20)12-6-5-10-3-1-2-4-11(10)7-12/h1-7,9H,(H2,17,18,19,20). The van der Waals surface area contributed by atoms with Gasteiger partial charge in [0.05, 0.1) is 6.20 Å². The lowest BCUT2D eigenvalue weighted by molar-refractivity contribution is 0.102. The van der Waals surface area contributed by atoms with Gasteiger partial charge in [-0.05, 0) is 22.9 Å². The van der Waals surface area contributed by atoms with Crippen molar-refractivity contribution < 1.29 is 4.79 Å². The minimum Gasteiger partial charge on any atom is -0.306 e. The molecule has 0 spiro atoms. The lowest BCUT2D eigenvalue weighted by atomic mass is 10.1. The highest BCUT2D eigenvalue weighted by Gasteiger charge is 2.11. The van der Waals surface area contributed by atoms with Crippen molar-refractivity contribution in [3.8, 4) is 6.07 Å². The van der Waals surface area contributed by atoms with E-state index in [2.05, 4.69) is 15.5 Å². The van der Waals surface area contributed by atoms with Crippen molar-refractivity contribution in [3.05, 3.63) is 59.8 Å². The highest BCUT2D eigenvalue weighted by Crippen LogP contribution is 2.17. The fraction of sp³-hybridized carbons (Fsp3) is 0. The van der Waals surface area contributed by atoms with Crippen LogP contribution in [0.25, 0.3) is 10.8 Å². The molecule has 0 saturated heterocycles. The molecule has 0 aliphatic rings. The highest BCUT2D eigenvalue weighted by atomic mass is 16.1. The Balaban J connectivity index is 1.91. The van der Waals surface area contributed by atoms with Crippen LogP contribution >= 0.6 is 0 Å². The van der Waals surface area contributed by atoms with E-state index in [0.29, 0.717) is 16.9 Å². The Morgan fingerprint density at radius 2 is 2.00 bits per heavy atom. The van der Waals surface area contributed by atoms with Crippen LogP contribution in [0.15, 0.2) is 48.7 Å². The van der Waals surface area contributed by atoms with Crippen molar-refractivity contribution in [2.24, 2.45) is 0 Å². The molecule has 0 bridgehead atoms. The molecule has 3 aromatic rings. The summed E-state index contributed by atoms with van der Waals surface area (Å²) in [5, 5.41) is 19.9. The number of nitriles is 1. The predicted octanol–water partition coefficient (Wildman–Crippen LogP) is 2.69. The fourth-order valence-corrected chi connectivity index (χ4v) is 1.98. The number of H-pyrrole nitrogens is 1. The summed E-state index contributed by atoms with van der Waals surface area (Å²) in [7, 11) is 0. The first-order valence-electron chi connectivity index (χ1n) is 6.01. The van der Waals surface area contributed by atoms with Gasteiger partial charge < -0.3 is 5.32 Å². The maximum Gasteiger partial charge on any atom is 0.256 e. The molecule has 96 valence electrons. The minimum absolute atomic E-state index is 0.281. The third-order valence-electron chi connectivity index (χ3n) is 3.01. The van der Waals surface area contributed by atoms with Gasteiger partial charge >= 0.3 is 0 Å². The van der Waals surface area contributed by atoms with Crippen molar-refractivity contribution in [1.29, 1.82) is 5.26 Å². The largest absolute Gasteiger partial charge is 0.306 e. The zero-order chi connectivity index (χ0) is 13.9. The number of carbonyl (C=O) groups excluding carboxylic acids is 1. The Kier molecular flexibility index (Phi) is 2.90. The van der Waals surface area contributed by atoms with Gasteiger partial charge in [0, 0.05) is 5.56 Å². The van der Waals surface area contributed by atoms with Crippen LogP contribution in [0.1, 0.15) is 15.9 Å². The normalized spacial score (nSPS) is 10.2. The van der Waals surface area contributed by atoms with Crippen LogP contribution in [-0.4, -0.2) is 16.1 Å². The molecule has 5 heteroatoms. The first kappa shape index (κ1) is 11.9. The Morgan fingerprint density at radius 3 is 2.80 bits per heavy atom. The van der Waals surface area contributed by atoms with E-state index >= 15 is 0 Å². The van der Waals surface area contributed by atoms with Crippen molar-refractivity contribution in [2.45, 2.75) is 0 Å². The summed E-state index contributed by atoms with van der Waals surface area (Å²) < 4.78 is 0. The van der Waals surface area contributed by atoms with Crippen LogP contribution in [0, 0.1) is 11.3 Å². The van der Waals surface area contributed by atoms with Crippen LogP contribution in [0.2, 0.25) is 0 Å². The number of nitrogens with one attached hydrogen (secondary N) is 2. The third-order valence-corrected chi connectivity index (χ3v) is 3.01. The highest BCUT2D eigenvalue weighted by molar-refractivity contribution is 6.06. The van der Waals surface area contributed by atoms with E-state index in [1.54, 1.807) is 6.07 Å². The second-order valence-corrected chi connectivity index (χ2v) is 4.29. The summed E-state index contributed by atoms with van der Waals surface area (Å²) in [4.78, 5) is 12.2. The molecule has 1 amide bonds. The van der Waals surface area contributed by atoms with Gasteiger partial charge in [-0.1, -0.05) is 30.3 Å². The van der Waals surface area contributed by atoms with Gasteiger partial charge in [-0.3, -0.25) is 9.89 Å². The summed E-state index contributed by atoms with van der Waals surface area (Å²) >= 11 is 0. The number of hydrogen-bond acceptors (Lipinski definition) is 3. The van der Waals surface area contributed by atoms with Crippen LogP contribution in [0.3, 0.4) is 0 Å². The predicted molar refractivity (Wildman–Crippen MR) is 75.2 cm³/mol. The van der Waals surface area contributed by atoms with Gasteiger partial charge in [-0.15, -0.1) is 0 Å². The van der Waals surface area contributed by atoms with E-state index in [1.807, 2.05) is 42.5 Å². The van der Waals surface area contributed by atoms with E-state index < -0.39 is 0 Å². The molecule has 0 fully saturated rings. The van der Waals surface area contributed by atoms with Crippen molar-refractivity contribution in [2.75, 3.05) is 5.32 Å². The Morgan fingerprint density at radius 1 is 1.20 bits per heavy atom. The number of aromatic amines is 1. The first-order chi connectivity index (χ1) is 9.78. The fourth-order valence-electron chi connectivity index (χ4n) is 1.98. The number of benzene rings is 2. The van der Waals surface area contributed by atoms with Gasteiger partial charge in [0.1, 0.15) is 17.5 Å². The van der Waals surface area contributed by atoms with Crippen LogP contribution in [0.4, 0.5) is 5.82 Å². The van der Waals surface area contributed by atoms with Gasteiger partial charge in [0.2, 0.25) is 0 Å². The average molecular weight is 262 g/mol. The number of rotatable bonds is 2. The average Bonchev–Trinajstić information content (AvgIpc) is 2.94. The van der Waals surface area contributed by atoms with Gasteiger partial charge in [0.25, 0.3) is 5.91 Å². The first-order valence-corrected chi connectivity index (χ1v) is 6.01. The molecule has 0 saturated carbocycles. The van der Waals surface area contributed by atoms with E-state index in [1.165, 1.54) is 6.20 Å². The molecule has 3 rings (SSSR count). The SMILES string of the molecule is N#Cc1cn[nH]c1NC(=O)c1ccc2ccccc2c1. The summed E-state index contributed by atoms with van der Waals surface area (Å²) in [5.41, 5.74) is 0.835. The summed E-state index contributed by atoms with van der Waals surface area (Å²) in [6.07, 6.45) is 1.37. The van der Waals surface area contributed by atoms with Crippen molar-refractivity contribution >= 4 is 22.5 Å². The lowest BCUT2D eigenvalue weighted by Gasteiger charge is -2.04.